The van der Waals surface area contributed by atoms with E-state index in [1.54, 1.807) is 0 Å². The zero-order chi connectivity index (χ0) is 37.5. The van der Waals surface area contributed by atoms with Gasteiger partial charge in [-0.05, 0) is 115 Å². The highest BCUT2D eigenvalue weighted by atomic mass is 79.9. The summed E-state index contributed by atoms with van der Waals surface area (Å²) in [5.41, 5.74) is 8.01. The van der Waals surface area contributed by atoms with Crippen LogP contribution < -0.4 is 65.8 Å². The van der Waals surface area contributed by atoms with Crippen molar-refractivity contribution in [1.29, 1.82) is 0 Å². The zero-order valence-corrected chi connectivity index (χ0v) is 37.5. The van der Waals surface area contributed by atoms with Gasteiger partial charge in [0.05, 0.1) is 12.3 Å². The van der Waals surface area contributed by atoms with Crippen LogP contribution in [-0.4, -0.2) is 0 Å². The predicted molar refractivity (Wildman–Crippen MR) is 243 cm³/mol. The highest BCUT2D eigenvalue weighted by Gasteiger charge is 2.46. The van der Waals surface area contributed by atoms with E-state index < -0.39 is 14.5 Å². The minimum Gasteiger partial charge on any atom is -1.00 e. The minimum absolute atomic E-state index is 0. The summed E-state index contributed by atoms with van der Waals surface area (Å²) in [4.78, 5) is 0. The molecule has 0 saturated heterocycles. The summed E-state index contributed by atoms with van der Waals surface area (Å²) in [5, 5.41) is 8.52. The van der Waals surface area contributed by atoms with Crippen molar-refractivity contribution in [2.75, 3.05) is 0 Å². The number of benzene rings is 8. The molecule has 0 nitrogen and oxygen atoms in total. The zero-order valence-electron chi connectivity index (χ0n) is 32.6. The Bertz CT molecular complexity index is 2160. The van der Waals surface area contributed by atoms with E-state index in [1.807, 2.05) is 0 Å². The predicted octanol–water partition coefficient (Wildman–Crippen LogP) is 4.89. The fourth-order valence-electron chi connectivity index (χ4n) is 8.08. The molecule has 0 aromatic heterocycles. The van der Waals surface area contributed by atoms with Gasteiger partial charge in [-0.3, -0.25) is 0 Å². The van der Waals surface area contributed by atoms with Crippen LogP contribution in [0.15, 0.2) is 218 Å². The Labute approximate surface area is 362 Å². The molecule has 0 heterocycles. The number of halogens is 2. The highest BCUT2D eigenvalue weighted by Crippen LogP contribution is 2.59. The first-order valence-electron chi connectivity index (χ1n) is 19.3. The third-order valence-electron chi connectivity index (χ3n) is 11.0. The second-order valence-electron chi connectivity index (χ2n) is 14.8. The normalized spacial score (nSPS) is 11.3. The molecule has 0 fully saturated rings. The topological polar surface area (TPSA) is 0 Å². The first-order chi connectivity index (χ1) is 27.0. The third kappa shape index (κ3) is 9.17. The lowest BCUT2D eigenvalue weighted by atomic mass is 10.0. The SMILES string of the molecule is Cc1ccc([P+](Cc2ccc(Cc3ccc(C[P+](c4ccccc4)(c4ccccc4)c4ccc(C)cc4)cc3)cc2)(c2ccccc2)c2ccccc2)cc1.[Br-].[Br-]. The van der Waals surface area contributed by atoms with Crippen LogP contribution in [0.2, 0.25) is 0 Å². The summed E-state index contributed by atoms with van der Waals surface area (Å²) < 4.78 is 0. The summed E-state index contributed by atoms with van der Waals surface area (Å²) in [7, 11) is -3.93. The van der Waals surface area contributed by atoms with E-state index in [0.717, 1.165) is 18.7 Å². The van der Waals surface area contributed by atoms with Gasteiger partial charge in [0.25, 0.3) is 0 Å². The Morgan fingerprint density at radius 1 is 0.263 bits per heavy atom. The summed E-state index contributed by atoms with van der Waals surface area (Å²) >= 11 is 0. The molecule has 0 aliphatic carbocycles. The molecule has 8 aromatic carbocycles. The maximum atomic E-state index is 2.37. The van der Waals surface area contributed by atoms with Crippen molar-refractivity contribution in [2.45, 2.75) is 32.6 Å². The molecule has 0 atom stereocenters. The summed E-state index contributed by atoms with van der Waals surface area (Å²) in [6.07, 6.45) is 2.87. The van der Waals surface area contributed by atoms with Gasteiger partial charge in [0.15, 0.2) is 0 Å². The van der Waals surface area contributed by atoms with Gasteiger partial charge in [0.1, 0.15) is 46.4 Å². The molecule has 284 valence electrons. The molecule has 0 unspecified atom stereocenters. The van der Waals surface area contributed by atoms with Crippen LogP contribution in [0.5, 0.6) is 0 Å². The van der Waals surface area contributed by atoms with Crippen LogP contribution in [0.3, 0.4) is 0 Å². The van der Waals surface area contributed by atoms with E-state index in [0.29, 0.717) is 0 Å². The number of hydrogen-bond acceptors (Lipinski definition) is 0. The number of rotatable bonds is 12. The van der Waals surface area contributed by atoms with E-state index in [-0.39, 0.29) is 34.0 Å². The van der Waals surface area contributed by atoms with Gasteiger partial charge in [-0.25, -0.2) is 0 Å². The van der Waals surface area contributed by atoms with Crippen LogP contribution in [0.1, 0.15) is 33.4 Å². The molecular formula is C53H48Br2P2. The maximum absolute atomic E-state index is 2.37. The average molecular weight is 907 g/mol. The third-order valence-corrected chi connectivity index (χ3v) is 19.8. The average Bonchev–Trinajstić information content (AvgIpc) is 3.25. The standard InChI is InChI=1S/C53H48P2.2BrH/c1-42-23-35-52(36-24-42)54(48-15-7-3-8-16-48,49-17-9-4-10-18-49)40-46-31-27-44(28-32-46)39-45-29-33-47(34-30-45)41-55(50-19-11-5-12-20-50,51-21-13-6-14-22-51)53-37-25-43(2)26-38-53;;/h3-38H,39-41H2,1-2H3;2*1H/q+2;;/p-2. The monoisotopic (exact) mass is 904 g/mol. The Kier molecular flexibility index (Phi) is 14.3. The van der Waals surface area contributed by atoms with Crippen molar-refractivity contribution in [3.8, 4) is 0 Å². The van der Waals surface area contributed by atoms with Crippen molar-refractivity contribution in [3.63, 3.8) is 0 Å². The summed E-state index contributed by atoms with van der Waals surface area (Å²) in [5.74, 6) is 0. The molecule has 57 heavy (non-hydrogen) atoms. The molecule has 0 saturated carbocycles. The lowest BCUT2D eigenvalue weighted by Crippen LogP contribution is -3.00. The van der Waals surface area contributed by atoms with Gasteiger partial charge in [0, 0.05) is 0 Å². The number of hydrogen-bond donors (Lipinski definition) is 0. The Morgan fingerprint density at radius 2 is 0.491 bits per heavy atom. The molecule has 0 radical (unpaired) electrons. The van der Waals surface area contributed by atoms with Crippen LogP contribution in [-0.2, 0) is 18.7 Å². The van der Waals surface area contributed by atoms with E-state index in [1.165, 1.54) is 65.2 Å². The van der Waals surface area contributed by atoms with Gasteiger partial charge in [-0.15, -0.1) is 0 Å². The van der Waals surface area contributed by atoms with Crippen molar-refractivity contribution in [3.05, 3.63) is 252 Å². The maximum Gasteiger partial charge on any atom is 0.116 e. The van der Waals surface area contributed by atoms with Crippen LogP contribution in [0.25, 0.3) is 0 Å². The Morgan fingerprint density at radius 3 is 0.754 bits per heavy atom. The van der Waals surface area contributed by atoms with Crippen LogP contribution in [0, 0.1) is 13.8 Å². The molecule has 0 aliphatic heterocycles. The highest BCUT2D eigenvalue weighted by molar-refractivity contribution is 7.95. The molecule has 0 N–H and O–H groups in total. The molecular weight excluding hydrogens is 858 g/mol. The molecule has 8 rings (SSSR count). The number of aryl methyl sites for hydroxylation is 2. The van der Waals surface area contributed by atoms with Crippen LogP contribution in [0.4, 0.5) is 0 Å². The van der Waals surface area contributed by atoms with Crippen LogP contribution >= 0.6 is 14.5 Å². The summed E-state index contributed by atoms with van der Waals surface area (Å²) in [6, 6.07) is 82.3. The second-order valence-corrected chi connectivity index (χ2v) is 21.7. The molecule has 0 aliphatic rings. The van der Waals surface area contributed by atoms with Crippen molar-refractivity contribution in [1.82, 2.24) is 0 Å². The Hall–Kier alpha value is -4.42. The van der Waals surface area contributed by atoms with E-state index in [9.17, 15) is 0 Å². The lowest BCUT2D eigenvalue weighted by molar-refractivity contribution is -0.00100. The van der Waals surface area contributed by atoms with Crippen molar-refractivity contribution >= 4 is 46.4 Å². The molecule has 0 amide bonds. The van der Waals surface area contributed by atoms with Crippen molar-refractivity contribution < 1.29 is 34.0 Å². The van der Waals surface area contributed by atoms with Gasteiger partial charge in [0.2, 0.25) is 0 Å². The van der Waals surface area contributed by atoms with E-state index >= 15 is 0 Å². The second kappa shape index (κ2) is 19.4. The van der Waals surface area contributed by atoms with E-state index in [4.69, 9.17) is 0 Å². The Balaban J connectivity index is 0.00000275. The van der Waals surface area contributed by atoms with Gasteiger partial charge >= 0.3 is 0 Å². The summed E-state index contributed by atoms with van der Waals surface area (Å²) in [6.45, 7) is 4.35. The molecule has 0 bridgehead atoms. The first-order valence-corrected chi connectivity index (χ1v) is 23.3. The molecule has 0 spiro atoms. The quantitative estimate of drug-likeness (QED) is 0.154. The van der Waals surface area contributed by atoms with Gasteiger partial charge in [-0.2, -0.15) is 0 Å². The lowest BCUT2D eigenvalue weighted by Gasteiger charge is -2.28. The fraction of sp³-hybridized carbons (Fsp3) is 0.0943. The largest absolute Gasteiger partial charge is 1.00 e. The molecule has 4 heteroatoms. The van der Waals surface area contributed by atoms with Gasteiger partial charge in [-0.1, -0.05) is 157 Å². The minimum atomic E-state index is -1.97. The molecule has 8 aromatic rings. The first kappa shape index (κ1) is 42.2. The van der Waals surface area contributed by atoms with Crippen molar-refractivity contribution in [2.24, 2.45) is 0 Å². The fourth-order valence-corrected chi connectivity index (χ4v) is 16.5. The van der Waals surface area contributed by atoms with E-state index in [2.05, 4.69) is 232 Å². The van der Waals surface area contributed by atoms with Gasteiger partial charge < -0.3 is 34.0 Å². The smallest absolute Gasteiger partial charge is 0.116 e.